The van der Waals surface area contributed by atoms with E-state index in [-0.39, 0.29) is 0 Å². The maximum atomic E-state index is 11.1. The van der Waals surface area contributed by atoms with Gasteiger partial charge in [0.1, 0.15) is 0 Å². The third-order valence-corrected chi connectivity index (χ3v) is 9.79. The van der Waals surface area contributed by atoms with Crippen LogP contribution in [-0.2, 0) is 19.7 Å². The van der Waals surface area contributed by atoms with E-state index in [0.29, 0.717) is 0 Å². The van der Waals surface area contributed by atoms with Crippen molar-refractivity contribution in [1.82, 2.24) is 0 Å². The minimum atomic E-state index is -3.60. The van der Waals surface area contributed by atoms with Crippen LogP contribution in [0, 0.1) is 0 Å². The normalized spacial score (nSPS) is 14.7. The zero-order valence-electron chi connectivity index (χ0n) is 7.36. The first-order valence-electron chi connectivity index (χ1n) is 3.00. The number of hydrogen-bond acceptors (Lipinski definition) is 5. The minimum Gasteiger partial charge on any atom is -0.227 e. The molecule has 0 rings (SSSR count). The first-order chi connectivity index (χ1) is 5.06. The number of hydrogen-bond donors (Lipinski definition) is 0. The Morgan fingerprint density at radius 2 is 1.25 bits per heavy atom. The molecule has 0 aliphatic heterocycles. The van der Waals surface area contributed by atoms with Gasteiger partial charge in [0.15, 0.2) is 19.7 Å². The molecule has 0 aromatic rings. The van der Waals surface area contributed by atoms with Crippen LogP contribution in [0.1, 0.15) is 6.92 Å². The zero-order valence-corrected chi connectivity index (χ0v) is 9.81. The predicted octanol–water partition coefficient (Wildman–Crippen LogP) is 0.112. The Kier molecular flexibility index (Phi) is 3.26. The average Bonchev–Trinajstić information content (AvgIpc) is 1.81. The average molecular weight is 232 g/mol. The first kappa shape index (κ1) is 12.2. The molecular formula is C5H12O4S3. The molecule has 0 aliphatic carbocycles. The summed E-state index contributed by atoms with van der Waals surface area (Å²) in [6.45, 7) is 1.20. The van der Waals surface area contributed by atoms with Crippen LogP contribution in [0.5, 0.6) is 0 Å². The topological polar surface area (TPSA) is 68.3 Å². The fraction of sp³-hybridized carbons (Fsp3) is 1.00. The molecule has 0 bridgehead atoms. The van der Waals surface area contributed by atoms with Crippen LogP contribution < -0.4 is 0 Å². The van der Waals surface area contributed by atoms with Gasteiger partial charge in [-0.25, -0.2) is 16.8 Å². The summed E-state index contributed by atoms with van der Waals surface area (Å²) < 4.78 is 42.8. The Hall–Kier alpha value is 0.250. The fourth-order valence-corrected chi connectivity index (χ4v) is 5.20. The van der Waals surface area contributed by atoms with Gasteiger partial charge < -0.3 is 0 Å². The van der Waals surface area contributed by atoms with Gasteiger partial charge in [0, 0.05) is 12.5 Å². The second-order valence-corrected chi connectivity index (χ2v) is 9.33. The molecule has 0 radical (unpaired) electrons. The van der Waals surface area contributed by atoms with Gasteiger partial charge in [0.05, 0.1) is 0 Å². The standard InChI is InChI=1S/C5H12O4S3/c1-5(10-2,11(3,6)7)12(4,8)9/h1-4H3. The van der Waals surface area contributed by atoms with Crippen molar-refractivity contribution < 1.29 is 16.8 Å². The Morgan fingerprint density at radius 1 is 1.00 bits per heavy atom. The van der Waals surface area contributed by atoms with Crippen molar-refractivity contribution >= 4 is 31.4 Å². The molecular weight excluding hydrogens is 220 g/mol. The van der Waals surface area contributed by atoms with Gasteiger partial charge in [-0.05, 0) is 13.2 Å². The van der Waals surface area contributed by atoms with E-state index in [9.17, 15) is 16.8 Å². The van der Waals surface area contributed by atoms with Crippen LogP contribution in [0.3, 0.4) is 0 Å². The molecule has 0 amide bonds. The summed E-state index contributed by atoms with van der Waals surface area (Å²) in [5.74, 6) is 0. The van der Waals surface area contributed by atoms with E-state index in [1.165, 1.54) is 13.2 Å². The number of thioether (sulfide) groups is 1. The summed E-state index contributed by atoms with van der Waals surface area (Å²) in [6.07, 6.45) is 3.30. The van der Waals surface area contributed by atoms with Crippen LogP contribution in [0.15, 0.2) is 0 Å². The lowest BCUT2D eigenvalue weighted by Crippen LogP contribution is -2.38. The quantitative estimate of drug-likeness (QED) is 0.691. The molecule has 0 N–H and O–H groups in total. The van der Waals surface area contributed by atoms with Crippen molar-refractivity contribution in [3.63, 3.8) is 0 Å². The molecule has 0 aromatic heterocycles. The Labute approximate surface area is 77.6 Å². The Morgan fingerprint density at radius 3 is 1.25 bits per heavy atom. The van der Waals surface area contributed by atoms with Gasteiger partial charge >= 0.3 is 0 Å². The Bertz CT molecular complexity index is 318. The van der Waals surface area contributed by atoms with Gasteiger partial charge in [-0.1, -0.05) is 0 Å². The highest BCUT2D eigenvalue weighted by molar-refractivity contribution is 8.28. The second kappa shape index (κ2) is 3.19. The van der Waals surface area contributed by atoms with E-state index in [0.717, 1.165) is 24.3 Å². The fourth-order valence-electron chi connectivity index (χ4n) is 0.578. The van der Waals surface area contributed by atoms with Crippen LogP contribution >= 0.6 is 11.8 Å². The van der Waals surface area contributed by atoms with Crippen LogP contribution in [-0.4, -0.2) is 39.0 Å². The molecule has 0 atom stereocenters. The highest BCUT2D eigenvalue weighted by atomic mass is 32.3. The summed E-state index contributed by atoms with van der Waals surface area (Å²) in [6, 6.07) is 0. The Balaban J connectivity index is 5.58. The molecule has 0 saturated heterocycles. The van der Waals surface area contributed by atoms with Crippen molar-refractivity contribution in [2.24, 2.45) is 0 Å². The monoisotopic (exact) mass is 232 g/mol. The minimum absolute atomic E-state index is 0.810. The largest absolute Gasteiger partial charge is 0.227 e. The zero-order chi connectivity index (χ0) is 10.2. The third-order valence-electron chi connectivity index (χ3n) is 1.72. The van der Waals surface area contributed by atoms with Crippen molar-refractivity contribution in [2.45, 2.75) is 10.3 Å². The maximum Gasteiger partial charge on any atom is 0.214 e. The highest BCUT2D eigenvalue weighted by Crippen LogP contribution is 2.33. The van der Waals surface area contributed by atoms with E-state index in [2.05, 4.69) is 0 Å². The van der Waals surface area contributed by atoms with Gasteiger partial charge in [0.25, 0.3) is 0 Å². The lowest BCUT2D eigenvalue weighted by atomic mass is 10.9. The SMILES string of the molecule is CSC(C)(S(C)(=O)=O)S(C)(=O)=O. The van der Waals surface area contributed by atoms with E-state index in [4.69, 9.17) is 0 Å². The van der Waals surface area contributed by atoms with Crippen molar-refractivity contribution in [3.05, 3.63) is 0 Å². The van der Waals surface area contributed by atoms with E-state index < -0.39 is 23.1 Å². The van der Waals surface area contributed by atoms with Crippen molar-refractivity contribution in [3.8, 4) is 0 Å². The second-order valence-electron chi connectivity index (χ2n) is 2.61. The molecule has 0 aliphatic rings. The van der Waals surface area contributed by atoms with Gasteiger partial charge in [-0.15, -0.1) is 11.8 Å². The van der Waals surface area contributed by atoms with Crippen LogP contribution in [0.4, 0.5) is 0 Å². The van der Waals surface area contributed by atoms with E-state index >= 15 is 0 Å². The summed E-state index contributed by atoms with van der Waals surface area (Å²) in [5, 5.41) is 0. The number of sulfone groups is 2. The van der Waals surface area contributed by atoms with Gasteiger partial charge in [0.2, 0.25) is 3.41 Å². The van der Waals surface area contributed by atoms with Crippen LogP contribution in [0.25, 0.3) is 0 Å². The number of rotatable bonds is 3. The molecule has 0 aromatic carbocycles. The highest BCUT2D eigenvalue weighted by Gasteiger charge is 2.45. The maximum absolute atomic E-state index is 11.1. The molecule has 0 unspecified atom stereocenters. The molecule has 4 nitrogen and oxygen atoms in total. The summed E-state index contributed by atoms with van der Waals surface area (Å²) in [7, 11) is -7.19. The predicted molar refractivity (Wildman–Crippen MR) is 51.6 cm³/mol. The van der Waals surface area contributed by atoms with Gasteiger partial charge in [-0.2, -0.15) is 0 Å². The molecule has 0 saturated carbocycles. The third kappa shape index (κ3) is 1.94. The smallest absolute Gasteiger partial charge is 0.214 e. The summed E-state index contributed by atoms with van der Waals surface area (Å²) in [4.78, 5) is 0. The lowest BCUT2D eigenvalue weighted by Gasteiger charge is -2.22. The molecule has 74 valence electrons. The first-order valence-corrected chi connectivity index (χ1v) is 8.01. The van der Waals surface area contributed by atoms with E-state index in [1.807, 2.05) is 0 Å². The summed E-state index contributed by atoms with van der Waals surface area (Å²) in [5.41, 5.74) is 0. The molecule has 0 fully saturated rings. The lowest BCUT2D eigenvalue weighted by molar-refractivity contribution is 0.580. The van der Waals surface area contributed by atoms with Gasteiger partial charge in [-0.3, -0.25) is 0 Å². The molecule has 12 heavy (non-hydrogen) atoms. The molecule has 7 heteroatoms. The van der Waals surface area contributed by atoms with Crippen LogP contribution in [0.2, 0.25) is 0 Å². The summed E-state index contributed by atoms with van der Waals surface area (Å²) >= 11 is 0.810. The van der Waals surface area contributed by atoms with E-state index in [1.54, 1.807) is 0 Å². The van der Waals surface area contributed by atoms with Crippen molar-refractivity contribution in [2.75, 3.05) is 18.8 Å². The molecule has 0 heterocycles. The molecule has 0 spiro atoms. The van der Waals surface area contributed by atoms with Crippen molar-refractivity contribution in [1.29, 1.82) is 0 Å².